The maximum Gasteiger partial charge on any atom is 0.330 e. The fourth-order valence-electron chi connectivity index (χ4n) is 0.476. The number of hydrazine groups is 1. The SMILES string of the molecule is CCOC(=O)/C=C/C(=O)NNC=O. The first-order valence-corrected chi connectivity index (χ1v) is 3.54. The topological polar surface area (TPSA) is 84.5 Å². The minimum Gasteiger partial charge on any atom is -0.463 e. The Bertz CT molecular complexity index is 225. The van der Waals surface area contributed by atoms with E-state index in [1.54, 1.807) is 6.92 Å². The molecular weight excluding hydrogens is 176 g/mol. The number of rotatable bonds is 5. The number of hydrogen-bond donors (Lipinski definition) is 2. The van der Waals surface area contributed by atoms with Gasteiger partial charge in [-0.25, -0.2) is 4.79 Å². The van der Waals surface area contributed by atoms with E-state index in [-0.39, 0.29) is 6.61 Å². The first kappa shape index (κ1) is 11.2. The lowest BCUT2D eigenvalue weighted by atomic mass is 10.5. The molecule has 0 atom stereocenters. The number of nitrogens with one attached hydrogen (secondary N) is 2. The molecule has 0 aromatic heterocycles. The summed E-state index contributed by atoms with van der Waals surface area (Å²) in [6.07, 6.45) is 2.22. The van der Waals surface area contributed by atoms with Crippen LogP contribution in [0, 0.1) is 0 Å². The maximum absolute atomic E-state index is 10.7. The van der Waals surface area contributed by atoms with E-state index in [4.69, 9.17) is 0 Å². The van der Waals surface area contributed by atoms with Gasteiger partial charge in [0.15, 0.2) is 0 Å². The third-order valence-corrected chi connectivity index (χ3v) is 0.912. The highest BCUT2D eigenvalue weighted by molar-refractivity contribution is 5.94. The standard InChI is InChI=1S/C7H10N2O4/c1-2-13-7(12)4-3-6(11)9-8-5-10/h3-5H,2H2,1H3,(H,8,10)(H,9,11)/b4-3+. The Labute approximate surface area is 74.9 Å². The van der Waals surface area contributed by atoms with Crippen LogP contribution in [0.15, 0.2) is 12.2 Å². The van der Waals surface area contributed by atoms with Crippen LogP contribution in [0.5, 0.6) is 0 Å². The Morgan fingerprint density at radius 2 is 2.08 bits per heavy atom. The minimum atomic E-state index is -0.611. The van der Waals surface area contributed by atoms with Crippen molar-refractivity contribution in [2.75, 3.05) is 6.61 Å². The number of amides is 2. The second-order valence-corrected chi connectivity index (χ2v) is 1.84. The van der Waals surface area contributed by atoms with Gasteiger partial charge in [-0.3, -0.25) is 20.4 Å². The van der Waals surface area contributed by atoms with Crippen molar-refractivity contribution in [3.63, 3.8) is 0 Å². The van der Waals surface area contributed by atoms with Gasteiger partial charge in [-0.1, -0.05) is 0 Å². The van der Waals surface area contributed by atoms with Gasteiger partial charge in [-0.05, 0) is 6.92 Å². The number of esters is 1. The van der Waals surface area contributed by atoms with Gasteiger partial charge in [-0.15, -0.1) is 0 Å². The van der Waals surface area contributed by atoms with Crippen molar-refractivity contribution in [1.82, 2.24) is 10.9 Å². The molecule has 0 saturated heterocycles. The second-order valence-electron chi connectivity index (χ2n) is 1.84. The second kappa shape index (κ2) is 6.84. The highest BCUT2D eigenvalue weighted by Gasteiger charge is 1.96. The molecule has 2 amide bonds. The summed E-state index contributed by atoms with van der Waals surface area (Å²) in [6, 6.07) is 0. The molecule has 0 rings (SSSR count). The molecule has 72 valence electrons. The molecule has 0 unspecified atom stereocenters. The smallest absolute Gasteiger partial charge is 0.330 e. The summed E-state index contributed by atoms with van der Waals surface area (Å²) >= 11 is 0. The van der Waals surface area contributed by atoms with E-state index in [1.807, 2.05) is 10.9 Å². The van der Waals surface area contributed by atoms with Gasteiger partial charge >= 0.3 is 5.97 Å². The molecule has 0 aliphatic rings. The normalized spacial score (nSPS) is 9.31. The largest absolute Gasteiger partial charge is 0.463 e. The molecule has 13 heavy (non-hydrogen) atoms. The van der Waals surface area contributed by atoms with Gasteiger partial charge in [0, 0.05) is 12.2 Å². The average Bonchev–Trinajstić information content (AvgIpc) is 2.12. The van der Waals surface area contributed by atoms with Crippen molar-refractivity contribution in [1.29, 1.82) is 0 Å². The third-order valence-electron chi connectivity index (χ3n) is 0.912. The quantitative estimate of drug-likeness (QED) is 0.246. The molecule has 6 heteroatoms. The fourth-order valence-corrected chi connectivity index (χ4v) is 0.476. The van der Waals surface area contributed by atoms with Crippen LogP contribution in [0.3, 0.4) is 0 Å². The number of carbonyl (C=O) groups excluding carboxylic acids is 3. The van der Waals surface area contributed by atoms with Gasteiger partial charge in [-0.2, -0.15) is 0 Å². The molecule has 0 aliphatic carbocycles. The summed E-state index contributed by atoms with van der Waals surface area (Å²) in [4.78, 5) is 31.0. The van der Waals surface area contributed by atoms with Crippen LogP contribution in [-0.2, 0) is 19.1 Å². The van der Waals surface area contributed by atoms with E-state index in [2.05, 4.69) is 4.74 Å². The zero-order valence-electron chi connectivity index (χ0n) is 7.07. The van der Waals surface area contributed by atoms with Crippen molar-refractivity contribution in [2.24, 2.45) is 0 Å². The Morgan fingerprint density at radius 1 is 1.38 bits per heavy atom. The minimum absolute atomic E-state index is 0.247. The van der Waals surface area contributed by atoms with Crippen LogP contribution >= 0.6 is 0 Å². The molecule has 0 fully saturated rings. The summed E-state index contributed by atoms with van der Waals surface area (Å²) in [6.45, 7) is 1.90. The molecular formula is C7H10N2O4. The van der Waals surface area contributed by atoms with E-state index in [1.165, 1.54) is 0 Å². The highest BCUT2D eigenvalue weighted by atomic mass is 16.5. The molecule has 0 radical (unpaired) electrons. The zero-order chi connectivity index (χ0) is 10.1. The Kier molecular flexibility index (Phi) is 5.86. The number of carbonyl (C=O) groups is 3. The van der Waals surface area contributed by atoms with E-state index in [9.17, 15) is 14.4 Å². The third kappa shape index (κ3) is 6.54. The van der Waals surface area contributed by atoms with E-state index < -0.39 is 11.9 Å². The molecule has 0 spiro atoms. The van der Waals surface area contributed by atoms with Crippen molar-refractivity contribution in [3.05, 3.63) is 12.2 Å². The van der Waals surface area contributed by atoms with Crippen molar-refractivity contribution >= 4 is 18.3 Å². The molecule has 0 bridgehead atoms. The predicted octanol–water partition coefficient (Wildman–Crippen LogP) is -1.12. The average molecular weight is 186 g/mol. The maximum atomic E-state index is 10.7. The summed E-state index contributed by atoms with van der Waals surface area (Å²) < 4.78 is 4.50. The van der Waals surface area contributed by atoms with Gasteiger partial charge < -0.3 is 4.74 Å². The van der Waals surface area contributed by atoms with Crippen molar-refractivity contribution in [2.45, 2.75) is 6.92 Å². The van der Waals surface area contributed by atoms with Crippen LogP contribution in [-0.4, -0.2) is 24.9 Å². The highest BCUT2D eigenvalue weighted by Crippen LogP contribution is 1.80. The summed E-state index contributed by atoms with van der Waals surface area (Å²) in [5.74, 6) is -1.22. The summed E-state index contributed by atoms with van der Waals surface area (Å²) in [5, 5.41) is 0. The Hall–Kier alpha value is -1.85. The van der Waals surface area contributed by atoms with Gasteiger partial charge in [0.05, 0.1) is 6.61 Å². The molecule has 0 aliphatic heterocycles. The molecule has 0 aromatic carbocycles. The molecule has 0 aromatic rings. The number of hydrogen-bond acceptors (Lipinski definition) is 4. The summed E-state index contributed by atoms with van der Waals surface area (Å²) in [7, 11) is 0. The Morgan fingerprint density at radius 3 is 2.62 bits per heavy atom. The lowest BCUT2D eigenvalue weighted by molar-refractivity contribution is -0.137. The van der Waals surface area contributed by atoms with Crippen LogP contribution < -0.4 is 10.9 Å². The van der Waals surface area contributed by atoms with Crippen LogP contribution in [0.4, 0.5) is 0 Å². The van der Waals surface area contributed by atoms with E-state index >= 15 is 0 Å². The number of ether oxygens (including phenoxy) is 1. The van der Waals surface area contributed by atoms with Gasteiger partial charge in [0.25, 0.3) is 5.91 Å². The lowest BCUT2D eigenvalue weighted by Gasteiger charge is -1.96. The van der Waals surface area contributed by atoms with Crippen molar-refractivity contribution in [3.8, 4) is 0 Å². The van der Waals surface area contributed by atoms with Gasteiger partial charge in [0.2, 0.25) is 6.41 Å². The molecule has 0 saturated carbocycles. The predicted molar refractivity (Wildman–Crippen MR) is 43.1 cm³/mol. The monoisotopic (exact) mass is 186 g/mol. The van der Waals surface area contributed by atoms with Crippen molar-refractivity contribution < 1.29 is 19.1 Å². The molecule has 2 N–H and O–H groups in total. The van der Waals surface area contributed by atoms with Gasteiger partial charge in [0.1, 0.15) is 0 Å². The van der Waals surface area contributed by atoms with E-state index in [0.29, 0.717) is 6.41 Å². The van der Waals surface area contributed by atoms with Crippen LogP contribution in [0.25, 0.3) is 0 Å². The fraction of sp³-hybridized carbons (Fsp3) is 0.286. The zero-order valence-corrected chi connectivity index (χ0v) is 7.07. The molecule has 6 nitrogen and oxygen atoms in total. The molecule has 0 heterocycles. The first-order chi connectivity index (χ1) is 6.20. The van der Waals surface area contributed by atoms with E-state index in [0.717, 1.165) is 12.2 Å². The van der Waals surface area contributed by atoms with Crippen LogP contribution in [0.1, 0.15) is 6.92 Å². The summed E-state index contributed by atoms with van der Waals surface area (Å²) in [5.41, 5.74) is 3.90. The van der Waals surface area contributed by atoms with Crippen LogP contribution in [0.2, 0.25) is 0 Å². The first-order valence-electron chi connectivity index (χ1n) is 3.54. The lowest BCUT2D eigenvalue weighted by Crippen LogP contribution is -2.35. The Balaban J connectivity index is 3.75.